The van der Waals surface area contributed by atoms with E-state index in [1.807, 2.05) is 42.2 Å². The second-order valence-corrected chi connectivity index (χ2v) is 6.04. The van der Waals surface area contributed by atoms with Crippen LogP contribution in [0, 0.1) is 5.92 Å². The Morgan fingerprint density at radius 3 is 2.88 bits per heavy atom. The summed E-state index contributed by atoms with van der Waals surface area (Å²) < 4.78 is 10.6. The van der Waals surface area contributed by atoms with Gasteiger partial charge in [0.25, 0.3) is 0 Å². The predicted molar refractivity (Wildman–Crippen MR) is 89.2 cm³/mol. The highest BCUT2D eigenvalue weighted by molar-refractivity contribution is 5.76. The smallest absolute Gasteiger partial charge is 0.227 e. The topological polar surface area (TPSA) is 68.5 Å². The fourth-order valence-electron chi connectivity index (χ4n) is 2.88. The van der Waals surface area contributed by atoms with Crippen LogP contribution < -0.4 is 0 Å². The average Bonchev–Trinajstić information content (AvgIpc) is 3.30. The highest BCUT2D eigenvalue weighted by Gasteiger charge is 2.22. The summed E-state index contributed by atoms with van der Waals surface area (Å²) in [4.78, 5) is 18.7. The molecule has 0 radical (unpaired) electrons. The van der Waals surface area contributed by atoms with E-state index in [2.05, 4.69) is 10.1 Å². The molecule has 0 spiro atoms. The van der Waals surface area contributed by atoms with Crippen molar-refractivity contribution >= 4 is 5.91 Å². The number of aromatic nitrogens is 2. The maximum absolute atomic E-state index is 12.4. The van der Waals surface area contributed by atoms with Gasteiger partial charge < -0.3 is 14.2 Å². The number of amides is 1. The largest absolute Gasteiger partial charge is 0.381 e. The molecule has 2 heterocycles. The van der Waals surface area contributed by atoms with Crippen LogP contribution in [0.25, 0.3) is 11.4 Å². The van der Waals surface area contributed by atoms with Gasteiger partial charge in [0.1, 0.15) is 0 Å². The number of benzene rings is 1. The Morgan fingerprint density at radius 1 is 1.33 bits per heavy atom. The number of carbonyl (C=O) groups is 1. The second kappa shape index (κ2) is 8.06. The summed E-state index contributed by atoms with van der Waals surface area (Å²) in [5.74, 6) is 1.65. The zero-order chi connectivity index (χ0) is 16.8. The van der Waals surface area contributed by atoms with Gasteiger partial charge in [0.15, 0.2) is 0 Å². The van der Waals surface area contributed by atoms with Crippen molar-refractivity contribution in [3.63, 3.8) is 0 Å². The molecule has 1 saturated heterocycles. The molecule has 24 heavy (non-hydrogen) atoms. The van der Waals surface area contributed by atoms with Gasteiger partial charge in [-0.25, -0.2) is 0 Å². The Morgan fingerprint density at radius 2 is 2.17 bits per heavy atom. The minimum absolute atomic E-state index is 0.129. The average molecular weight is 329 g/mol. The molecule has 0 unspecified atom stereocenters. The lowest BCUT2D eigenvalue weighted by atomic mass is 10.1. The van der Waals surface area contributed by atoms with E-state index in [1.165, 1.54) is 0 Å². The van der Waals surface area contributed by atoms with Gasteiger partial charge in [0.2, 0.25) is 17.6 Å². The van der Waals surface area contributed by atoms with E-state index in [4.69, 9.17) is 9.26 Å². The highest BCUT2D eigenvalue weighted by atomic mass is 16.5. The van der Waals surface area contributed by atoms with Crippen LogP contribution in [0.1, 0.15) is 25.7 Å². The number of carbonyl (C=O) groups excluding carboxylic acids is 1. The predicted octanol–water partition coefficient (Wildman–Crippen LogP) is 2.55. The lowest BCUT2D eigenvalue weighted by molar-refractivity contribution is -0.131. The number of rotatable bonds is 7. The van der Waals surface area contributed by atoms with Gasteiger partial charge in [-0.15, -0.1) is 0 Å². The third-order valence-corrected chi connectivity index (χ3v) is 4.29. The zero-order valence-electron chi connectivity index (χ0n) is 14.0. The van der Waals surface area contributed by atoms with Crippen molar-refractivity contribution in [1.29, 1.82) is 0 Å². The summed E-state index contributed by atoms with van der Waals surface area (Å²) in [7, 11) is 0. The molecule has 1 aliphatic heterocycles. The fraction of sp³-hybridized carbons (Fsp3) is 0.500. The van der Waals surface area contributed by atoms with Crippen LogP contribution in [0.3, 0.4) is 0 Å². The minimum atomic E-state index is 0.129. The number of nitrogens with zero attached hydrogens (tertiary/aromatic N) is 3. The van der Waals surface area contributed by atoms with Gasteiger partial charge in [-0.05, 0) is 13.3 Å². The van der Waals surface area contributed by atoms with E-state index < -0.39 is 0 Å². The van der Waals surface area contributed by atoms with E-state index in [-0.39, 0.29) is 5.91 Å². The van der Waals surface area contributed by atoms with Gasteiger partial charge in [0, 0.05) is 44.0 Å². The first-order valence-corrected chi connectivity index (χ1v) is 8.49. The normalized spacial score (nSPS) is 17.1. The number of hydrogen-bond donors (Lipinski definition) is 0. The molecule has 2 aromatic rings. The molecule has 0 saturated carbocycles. The monoisotopic (exact) mass is 329 g/mol. The van der Waals surface area contributed by atoms with Crippen LogP contribution >= 0.6 is 0 Å². The lowest BCUT2D eigenvalue weighted by Gasteiger charge is -2.23. The van der Waals surface area contributed by atoms with Crippen molar-refractivity contribution in [2.45, 2.75) is 26.2 Å². The number of aryl methyl sites for hydroxylation is 1. The summed E-state index contributed by atoms with van der Waals surface area (Å²) >= 11 is 0. The van der Waals surface area contributed by atoms with E-state index >= 15 is 0 Å². The Labute approximate surface area is 141 Å². The quantitative estimate of drug-likeness (QED) is 0.781. The lowest BCUT2D eigenvalue weighted by Crippen LogP contribution is -2.35. The van der Waals surface area contributed by atoms with Crippen LogP contribution in [0.15, 0.2) is 34.9 Å². The highest BCUT2D eigenvalue weighted by Crippen LogP contribution is 2.17. The Balaban J connectivity index is 1.53. The minimum Gasteiger partial charge on any atom is -0.381 e. The van der Waals surface area contributed by atoms with Crippen molar-refractivity contribution in [2.24, 2.45) is 5.92 Å². The van der Waals surface area contributed by atoms with Crippen molar-refractivity contribution in [3.05, 3.63) is 36.2 Å². The first kappa shape index (κ1) is 16.6. The molecule has 1 aromatic heterocycles. The fourth-order valence-corrected chi connectivity index (χ4v) is 2.88. The second-order valence-electron chi connectivity index (χ2n) is 6.04. The van der Waals surface area contributed by atoms with Gasteiger partial charge in [-0.1, -0.05) is 35.5 Å². The van der Waals surface area contributed by atoms with Gasteiger partial charge in [-0.3, -0.25) is 4.79 Å². The molecule has 1 atom stereocenters. The molecule has 128 valence electrons. The summed E-state index contributed by atoms with van der Waals surface area (Å²) in [6.07, 6.45) is 1.89. The molecule has 1 aromatic carbocycles. The van der Waals surface area contributed by atoms with Crippen LogP contribution in [0.4, 0.5) is 0 Å². The molecule has 3 rings (SSSR count). The van der Waals surface area contributed by atoms with Crippen molar-refractivity contribution in [1.82, 2.24) is 15.0 Å². The molecule has 1 aliphatic rings. The van der Waals surface area contributed by atoms with Crippen LogP contribution in [-0.2, 0) is 16.0 Å². The van der Waals surface area contributed by atoms with Crippen LogP contribution in [0.5, 0.6) is 0 Å². The molecular weight excluding hydrogens is 306 g/mol. The first-order chi connectivity index (χ1) is 11.8. The number of ether oxygens (including phenoxy) is 1. The maximum Gasteiger partial charge on any atom is 0.227 e. The van der Waals surface area contributed by atoms with Crippen molar-refractivity contribution in [3.8, 4) is 11.4 Å². The summed E-state index contributed by atoms with van der Waals surface area (Å²) in [6, 6.07) is 9.67. The van der Waals surface area contributed by atoms with Crippen LogP contribution in [0.2, 0.25) is 0 Å². The third kappa shape index (κ3) is 4.20. The van der Waals surface area contributed by atoms with E-state index in [9.17, 15) is 4.79 Å². The molecule has 0 N–H and O–H groups in total. The molecule has 1 amide bonds. The van der Waals surface area contributed by atoms with Crippen molar-refractivity contribution in [2.75, 3.05) is 26.3 Å². The van der Waals surface area contributed by atoms with Gasteiger partial charge in [0.05, 0.1) is 6.61 Å². The Kier molecular flexibility index (Phi) is 5.59. The molecule has 6 nitrogen and oxygen atoms in total. The SMILES string of the molecule is CCN(C[C@H]1CCOC1)C(=O)CCc1nc(-c2ccccc2)no1. The third-order valence-electron chi connectivity index (χ3n) is 4.29. The maximum atomic E-state index is 12.4. The zero-order valence-corrected chi connectivity index (χ0v) is 14.0. The Hall–Kier alpha value is -2.21. The molecule has 1 fully saturated rings. The van der Waals surface area contributed by atoms with E-state index in [1.54, 1.807) is 0 Å². The van der Waals surface area contributed by atoms with Crippen molar-refractivity contribution < 1.29 is 14.1 Å². The first-order valence-electron chi connectivity index (χ1n) is 8.49. The standard InChI is InChI=1S/C18H23N3O3/c1-2-21(12-14-10-11-23-13-14)17(22)9-8-16-19-18(20-24-16)15-6-4-3-5-7-15/h3-7,14H,2,8-13H2,1H3/t14-/m1/s1. The van der Waals surface area contributed by atoms with E-state index in [0.717, 1.165) is 31.7 Å². The molecular formula is C18H23N3O3. The van der Waals surface area contributed by atoms with Crippen LogP contribution in [-0.4, -0.2) is 47.3 Å². The molecule has 0 aliphatic carbocycles. The summed E-state index contributed by atoms with van der Waals surface area (Å²) in [5, 5.41) is 3.99. The summed E-state index contributed by atoms with van der Waals surface area (Å²) in [5.41, 5.74) is 0.912. The van der Waals surface area contributed by atoms with Gasteiger partial charge in [-0.2, -0.15) is 4.98 Å². The Bertz CT molecular complexity index is 651. The summed E-state index contributed by atoms with van der Waals surface area (Å²) in [6.45, 7) is 5.06. The van der Waals surface area contributed by atoms with E-state index in [0.29, 0.717) is 37.0 Å². The molecule has 6 heteroatoms. The molecule has 0 bridgehead atoms. The number of hydrogen-bond acceptors (Lipinski definition) is 5. The van der Waals surface area contributed by atoms with Gasteiger partial charge >= 0.3 is 0 Å².